The van der Waals surface area contributed by atoms with Gasteiger partial charge in [-0.25, -0.2) is 0 Å². The average molecular weight is 161 g/mol. The van der Waals surface area contributed by atoms with Gasteiger partial charge in [0.05, 0.1) is 6.54 Å². The van der Waals surface area contributed by atoms with Crippen molar-refractivity contribution >= 4 is 11.0 Å². The summed E-state index contributed by atoms with van der Waals surface area (Å²) in [6, 6.07) is 6.11. The van der Waals surface area contributed by atoms with Gasteiger partial charge < -0.3 is 0 Å². The van der Waals surface area contributed by atoms with Crippen LogP contribution in [0.2, 0.25) is 0 Å². The van der Waals surface area contributed by atoms with E-state index in [-0.39, 0.29) is 0 Å². The lowest BCUT2D eigenvalue weighted by atomic mass is 10.2. The van der Waals surface area contributed by atoms with E-state index in [1.54, 1.807) is 4.80 Å². The third kappa shape index (κ3) is 1.07. The van der Waals surface area contributed by atoms with Gasteiger partial charge in [-0.3, -0.25) is 0 Å². The zero-order valence-electron chi connectivity index (χ0n) is 7.28. The van der Waals surface area contributed by atoms with Gasteiger partial charge in [0.25, 0.3) is 0 Å². The van der Waals surface area contributed by atoms with E-state index in [0.717, 1.165) is 17.6 Å². The second-order valence-electron chi connectivity index (χ2n) is 2.88. The molecule has 0 radical (unpaired) electrons. The van der Waals surface area contributed by atoms with E-state index in [1.165, 1.54) is 5.56 Å². The largest absolute Gasteiger partial charge is 0.184 e. The summed E-state index contributed by atoms with van der Waals surface area (Å²) in [6.07, 6.45) is 0. The summed E-state index contributed by atoms with van der Waals surface area (Å²) < 4.78 is 0. The standard InChI is InChI=1S/C9H11N3/c1-3-12-10-8-5-4-7(2)6-9(8)11-12/h4-6H,3H2,1-2H3. The molecular weight excluding hydrogens is 150 g/mol. The highest BCUT2D eigenvalue weighted by atomic mass is 15.5. The van der Waals surface area contributed by atoms with Crippen LogP contribution in [0.5, 0.6) is 0 Å². The van der Waals surface area contributed by atoms with Crippen LogP contribution >= 0.6 is 0 Å². The molecule has 1 heterocycles. The van der Waals surface area contributed by atoms with Crippen molar-refractivity contribution in [3.8, 4) is 0 Å². The maximum atomic E-state index is 4.30. The van der Waals surface area contributed by atoms with Gasteiger partial charge in [0.2, 0.25) is 0 Å². The van der Waals surface area contributed by atoms with Crippen molar-refractivity contribution in [3.05, 3.63) is 23.8 Å². The monoisotopic (exact) mass is 161 g/mol. The first-order valence-corrected chi connectivity index (χ1v) is 4.11. The summed E-state index contributed by atoms with van der Waals surface area (Å²) in [6.45, 7) is 4.92. The Kier molecular flexibility index (Phi) is 1.57. The highest BCUT2D eigenvalue weighted by Crippen LogP contribution is 2.10. The number of aryl methyl sites for hydroxylation is 2. The van der Waals surface area contributed by atoms with Crippen LogP contribution in [0.4, 0.5) is 0 Å². The number of hydrogen-bond acceptors (Lipinski definition) is 2. The number of nitrogens with zero attached hydrogens (tertiary/aromatic N) is 3. The van der Waals surface area contributed by atoms with E-state index < -0.39 is 0 Å². The third-order valence-electron chi connectivity index (χ3n) is 1.86. The summed E-state index contributed by atoms with van der Waals surface area (Å²) in [5.74, 6) is 0. The molecule has 0 saturated heterocycles. The minimum atomic E-state index is 0.827. The second-order valence-corrected chi connectivity index (χ2v) is 2.88. The summed E-state index contributed by atoms with van der Waals surface area (Å²) in [7, 11) is 0. The van der Waals surface area contributed by atoms with Gasteiger partial charge in [-0.1, -0.05) is 6.07 Å². The van der Waals surface area contributed by atoms with Gasteiger partial charge in [0.15, 0.2) is 0 Å². The van der Waals surface area contributed by atoms with Gasteiger partial charge in [0.1, 0.15) is 11.0 Å². The van der Waals surface area contributed by atoms with Crippen molar-refractivity contribution in [1.82, 2.24) is 15.0 Å². The molecule has 0 spiro atoms. The Morgan fingerprint density at radius 2 is 2.00 bits per heavy atom. The van der Waals surface area contributed by atoms with Gasteiger partial charge in [-0.2, -0.15) is 15.0 Å². The zero-order chi connectivity index (χ0) is 8.55. The Labute approximate surface area is 71.0 Å². The smallest absolute Gasteiger partial charge is 0.113 e. The Balaban J connectivity index is 2.67. The lowest BCUT2D eigenvalue weighted by Gasteiger charge is -1.87. The Morgan fingerprint density at radius 1 is 1.25 bits per heavy atom. The van der Waals surface area contributed by atoms with Crippen LogP contribution in [0.3, 0.4) is 0 Å². The maximum Gasteiger partial charge on any atom is 0.113 e. The fourth-order valence-electron chi connectivity index (χ4n) is 1.21. The zero-order valence-corrected chi connectivity index (χ0v) is 7.28. The van der Waals surface area contributed by atoms with Crippen LogP contribution < -0.4 is 0 Å². The predicted octanol–water partition coefficient (Wildman–Crippen LogP) is 1.76. The summed E-state index contributed by atoms with van der Waals surface area (Å²) >= 11 is 0. The molecule has 3 nitrogen and oxygen atoms in total. The summed E-state index contributed by atoms with van der Waals surface area (Å²) in [5, 5.41) is 8.58. The Bertz CT molecular complexity index is 403. The van der Waals surface area contributed by atoms with Crippen molar-refractivity contribution < 1.29 is 0 Å². The molecule has 0 saturated carbocycles. The number of aromatic nitrogens is 3. The van der Waals surface area contributed by atoms with Crippen LogP contribution in [0.1, 0.15) is 12.5 Å². The second kappa shape index (κ2) is 2.59. The van der Waals surface area contributed by atoms with Crippen LogP contribution in [0.25, 0.3) is 11.0 Å². The number of hydrogen-bond donors (Lipinski definition) is 0. The molecule has 2 rings (SSSR count). The van der Waals surface area contributed by atoms with E-state index in [4.69, 9.17) is 0 Å². The van der Waals surface area contributed by atoms with Crippen LogP contribution in [0.15, 0.2) is 18.2 Å². The number of rotatable bonds is 1. The topological polar surface area (TPSA) is 30.7 Å². The first-order valence-electron chi connectivity index (χ1n) is 4.11. The Hall–Kier alpha value is -1.38. The van der Waals surface area contributed by atoms with Gasteiger partial charge in [-0.15, -0.1) is 0 Å². The van der Waals surface area contributed by atoms with Gasteiger partial charge in [-0.05, 0) is 31.5 Å². The number of fused-ring (bicyclic) bond motifs is 1. The summed E-state index contributed by atoms with van der Waals surface area (Å²) in [5.41, 5.74) is 3.19. The molecule has 1 aromatic carbocycles. The minimum Gasteiger partial charge on any atom is -0.184 e. The Morgan fingerprint density at radius 3 is 2.75 bits per heavy atom. The predicted molar refractivity (Wildman–Crippen MR) is 47.9 cm³/mol. The van der Waals surface area contributed by atoms with Crippen LogP contribution in [-0.4, -0.2) is 15.0 Å². The molecule has 0 N–H and O–H groups in total. The molecule has 0 bridgehead atoms. The SMILES string of the molecule is CCn1nc2ccc(C)cc2n1. The first-order chi connectivity index (χ1) is 5.79. The molecular formula is C9H11N3. The van der Waals surface area contributed by atoms with Crippen molar-refractivity contribution in [1.29, 1.82) is 0 Å². The van der Waals surface area contributed by atoms with Crippen molar-refractivity contribution in [3.63, 3.8) is 0 Å². The molecule has 3 heteroatoms. The molecule has 12 heavy (non-hydrogen) atoms. The van der Waals surface area contributed by atoms with E-state index in [2.05, 4.69) is 29.3 Å². The molecule has 0 unspecified atom stereocenters. The average Bonchev–Trinajstić information content (AvgIpc) is 2.46. The molecule has 0 aliphatic heterocycles. The van der Waals surface area contributed by atoms with E-state index in [1.807, 2.05) is 13.0 Å². The lowest BCUT2D eigenvalue weighted by Crippen LogP contribution is -1.97. The maximum absolute atomic E-state index is 4.30. The van der Waals surface area contributed by atoms with E-state index in [0.29, 0.717) is 0 Å². The highest BCUT2D eigenvalue weighted by molar-refractivity contribution is 5.74. The highest BCUT2D eigenvalue weighted by Gasteiger charge is 1.99. The fourth-order valence-corrected chi connectivity index (χ4v) is 1.21. The van der Waals surface area contributed by atoms with Crippen molar-refractivity contribution in [2.24, 2.45) is 0 Å². The van der Waals surface area contributed by atoms with Crippen LogP contribution in [-0.2, 0) is 6.54 Å². The molecule has 0 atom stereocenters. The third-order valence-corrected chi connectivity index (χ3v) is 1.86. The molecule has 1 aromatic heterocycles. The van der Waals surface area contributed by atoms with E-state index in [9.17, 15) is 0 Å². The van der Waals surface area contributed by atoms with Crippen LogP contribution in [0, 0.1) is 6.92 Å². The summed E-state index contributed by atoms with van der Waals surface area (Å²) in [4.78, 5) is 1.71. The van der Waals surface area contributed by atoms with Gasteiger partial charge >= 0.3 is 0 Å². The molecule has 0 aliphatic rings. The van der Waals surface area contributed by atoms with Crippen molar-refractivity contribution in [2.75, 3.05) is 0 Å². The molecule has 0 aliphatic carbocycles. The van der Waals surface area contributed by atoms with Crippen molar-refractivity contribution in [2.45, 2.75) is 20.4 Å². The first kappa shape index (κ1) is 7.28. The normalized spacial score (nSPS) is 10.8. The number of benzene rings is 1. The molecule has 0 fully saturated rings. The molecule has 62 valence electrons. The quantitative estimate of drug-likeness (QED) is 0.638. The molecule has 0 amide bonds. The molecule has 2 aromatic rings. The van der Waals surface area contributed by atoms with E-state index >= 15 is 0 Å². The minimum absolute atomic E-state index is 0.827. The lowest BCUT2D eigenvalue weighted by molar-refractivity contribution is 0.578. The van der Waals surface area contributed by atoms with Gasteiger partial charge in [0, 0.05) is 0 Å². The fraction of sp³-hybridized carbons (Fsp3) is 0.333.